The van der Waals surface area contributed by atoms with Crippen molar-refractivity contribution in [2.75, 3.05) is 25.1 Å². The number of nitrogens with one attached hydrogen (secondary N) is 1. The SMILES string of the molecule is COc1ccc(S(=O)(=O)NC(=O)c2cc3c(F)cc(N4CCC4)cc3o2)c2c1CCCC2. The first kappa shape index (κ1) is 20.8. The van der Waals surface area contributed by atoms with Gasteiger partial charge in [-0.2, -0.15) is 0 Å². The first-order valence-corrected chi connectivity index (χ1v) is 12.1. The molecular formula is C23H23FN2O5S. The molecule has 3 aromatic rings. The average molecular weight is 459 g/mol. The first-order chi connectivity index (χ1) is 15.4. The molecule has 1 saturated heterocycles. The predicted molar refractivity (Wildman–Crippen MR) is 117 cm³/mol. The van der Waals surface area contributed by atoms with E-state index in [1.165, 1.54) is 18.2 Å². The van der Waals surface area contributed by atoms with Crippen molar-refractivity contribution in [2.45, 2.75) is 37.0 Å². The maximum absolute atomic E-state index is 14.6. The molecule has 1 aromatic heterocycles. The largest absolute Gasteiger partial charge is 0.496 e. The molecule has 0 unspecified atom stereocenters. The topological polar surface area (TPSA) is 88.8 Å². The number of amides is 1. The predicted octanol–water partition coefficient (Wildman–Crippen LogP) is 3.79. The normalized spacial score (nSPS) is 15.9. The zero-order valence-electron chi connectivity index (χ0n) is 17.6. The van der Waals surface area contributed by atoms with Crippen LogP contribution in [0.3, 0.4) is 0 Å². The van der Waals surface area contributed by atoms with E-state index in [1.807, 2.05) is 4.90 Å². The molecule has 2 aromatic carbocycles. The highest BCUT2D eigenvalue weighted by Crippen LogP contribution is 2.34. The number of furan rings is 1. The molecule has 168 valence electrons. The minimum atomic E-state index is -4.16. The number of rotatable bonds is 5. The van der Waals surface area contributed by atoms with Crippen molar-refractivity contribution in [1.29, 1.82) is 0 Å². The van der Waals surface area contributed by atoms with Gasteiger partial charge >= 0.3 is 5.91 Å². The summed E-state index contributed by atoms with van der Waals surface area (Å²) in [6.07, 6.45) is 4.16. The second kappa shape index (κ2) is 7.81. The van der Waals surface area contributed by atoms with Crippen LogP contribution < -0.4 is 14.4 Å². The lowest BCUT2D eigenvalue weighted by atomic mass is 9.91. The van der Waals surface area contributed by atoms with Gasteiger partial charge in [0.2, 0.25) is 0 Å². The molecule has 0 atom stereocenters. The van der Waals surface area contributed by atoms with Gasteiger partial charge in [0, 0.05) is 30.9 Å². The van der Waals surface area contributed by atoms with Crippen molar-refractivity contribution in [3.8, 4) is 5.75 Å². The van der Waals surface area contributed by atoms with E-state index in [-0.39, 0.29) is 21.6 Å². The van der Waals surface area contributed by atoms with Crippen LogP contribution in [0.1, 0.15) is 40.9 Å². The fraction of sp³-hybridized carbons (Fsp3) is 0.348. The third-order valence-electron chi connectivity index (χ3n) is 6.20. The highest BCUT2D eigenvalue weighted by Gasteiger charge is 2.28. The maximum Gasteiger partial charge on any atom is 0.300 e. The Bertz CT molecular complexity index is 1330. The van der Waals surface area contributed by atoms with Gasteiger partial charge in [0.05, 0.1) is 17.4 Å². The summed E-state index contributed by atoms with van der Waals surface area (Å²) < 4.78 is 53.7. The van der Waals surface area contributed by atoms with Crippen molar-refractivity contribution >= 4 is 32.6 Å². The second-order valence-corrected chi connectivity index (χ2v) is 9.81. The van der Waals surface area contributed by atoms with Gasteiger partial charge in [-0.1, -0.05) is 0 Å². The number of carbonyl (C=O) groups excluding carboxylic acids is 1. The number of ether oxygens (including phenoxy) is 1. The number of anilines is 1. The summed E-state index contributed by atoms with van der Waals surface area (Å²) in [5, 5.41) is 0.138. The summed E-state index contributed by atoms with van der Waals surface area (Å²) >= 11 is 0. The number of halogens is 1. The molecule has 32 heavy (non-hydrogen) atoms. The van der Waals surface area contributed by atoms with E-state index in [2.05, 4.69) is 4.72 Å². The van der Waals surface area contributed by atoms with Gasteiger partial charge in [0.1, 0.15) is 17.1 Å². The van der Waals surface area contributed by atoms with E-state index in [4.69, 9.17) is 9.15 Å². The van der Waals surface area contributed by atoms with Crippen LogP contribution in [0.15, 0.2) is 39.6 Å². The van der Waals surface area contributed by atoms with Crippen LogP contribution in [-0.4, -0.2) is 34.5 Å². The number of carbonyl (C=O) groups is 1. The van der Waals surface area contributed by atoms with Crippen molar-refractivity contribution in [2.24, 2.45) is 0 Å². The van der Waals surface area contributed by atoms with Gasteiger partial charge in [0.15, 0.2) is 5.76 Å². The van der Waals surface area contributed by atoms with Crippen LogP contribution >= 0.6 is 0 Å². The Kier molecular flexibility index (Phi) is 5.08. The number of hydrogen-bond donors (Lipinski definition) is 1. The van der Waals surface area contributed by atoms with Crippen LogP contribution in [-0.2, 0) is 22.9 Å². The highest BCUT2D eigenvalue weighted by atomic mass is 32.2. The van der Waals surface area contributed by atoms with Crippen LogP contribution in [0.4, 0.5) is 10.1 Å². The zero-order chi connectivity index (χ0) is 22.5. The number of fused-ring (bicyclic) bond motifs is 2. The molecule has 0 radical (unpaired) electrons. The van der Waals surface area contributed by atoms with E-state index in [0.717, 1.165) is 44.3 Å². The molecule has 0 bridgehead atoms. The lowest BCUT2D eigenvalue weighted by molar-refractivity contribution is 0.0956. The van der Waals surface area contributed by atoms with E-state index in [0.29, 0.717) is 23.4 Å². The Morgan fingerprint density at radius 3 is 2.53 bits per heavy atom. The van der Waals surface area contributed by atoms with Crippen molar-refractivity contribution in [3.05, 3.63) is 53.0 Å². The molecule has 7 nitrogen and oxygen atoms in total. The van der Waals surface area contributed by atoms with E-state index in [9.17, 15) is 17.6 Å². The third kappa shape index (κ3) is 3.50. The molecule has 9 heteroatoms. The number of methoxy groups -OCH3 is 1. The Morgan fingerprint density at radius 1 is 1.09 bits per heavy atom. The zero-order valence-corrected chi connectivity index (χ0v) is 18.4. The summed E-state index contributed by atoms with van der Waals surface area (Å²) in [5.41, 5.74) is 2.42. The van der Waals surface area contributed by atoms with Gasteiger partial charge in [-0.05, 0) is 61.4 Å². The highest BCUT2D eigenvalue weighted by molar-refractivity contribution is 7.90. The van der Waals surface area contributed by atoms with Crippen LogP contribution in [0.5, 0.6) is 5.75 Å². The summed E-state index contributed by atoms with van der Waals surface area (Å²) in [6.45, 7) is 1.67. The Balaban J connectivity index is 1.46. The van der Waals surface area contributed by atoms with Gasteiger partial charge in [0.25, 0.3) is 10.0 Å². The summed E-state index contributed by atoms with van der Waals surface area (Å²) in [6, 6.07) is 7.37. The van der Waals surface area contributed by atoms with Gasteiger partial charge < -0.3 is 14.1 Å². The second-order valence-electron chi connectivity index (χ2n) is 8.16. The number of nitrogens with zero attached hydrogens (tertiary/aromatic N) is 1. The van der Waals surface area contributed by atoms with Crippen LogP contribution in [0.2, 0.25) is 0 Å². The fourth-order valence-electron chi connectivity index (χ4n) is 4.42. The molecule has 1 fully saturated rings. The molecule has 0 spiro atoms. The summed E-state index contributed by atoms with van der Waals surface area (Å²) in [5.74, 6) is -1.06. The standard InChI is InChI=1S/C23H23FN2O5S/c1-30-19-7-8-22(16-6-3-2-5-15(16)19)32(28,29)25-23(27)21-13-17-18(24)11-14(12-20(17)31-21)26-9-4-10-26/h7-8,11-13H,2-6,9-10H2,1H3,(H,25,27). The fourth-order valence-corrected chi connectivity index (χ4v) is 5.67. The monoisotopic (exact) mass is 458 g/mol. The Labute approximate surface area is 185 Å². The average Bonchev–Trinajstić information content (AvgIpc) is 3.16. The van der Waals surface area contributed by atoms with Crippen molar-refractivity contribution < 1.29 is 26.8 Å². The van der Waals surface area contributed by atoms with E-state index >= 15 is 0 Å². The summed E-state index contributed by atoms with van der Waals surface area (Å²) in [7, 11) is -2.61. The van der Waals surface area contributed by atoms with Crippen LogP contribution in [0, 0.1) is 5.82 Å². The minimum absolute atomic E-state index is 0.0590. The van der Waals surface area contributed by atoms with E-state index in [1.54, 1.807) is 19.2 Å². The molecule has 2 heterocycles. The molecule has 1 N–H and O–H groups in total. The lowest BCUT2D eigenvalue weighted by Crippen LogP contribution is -2.36. The van der Waals surface area contributed by atoms with Crippen molar-refractivity contribution in [3.63, 3.8) is 0 Å². The maximum atomic E-state index is 14.6. The number of sulfonamides is 1. The van der Waals surface area contributed by atoms with E-state index < -0.39 is 21.7 Å². The third-order valence-corrected chi connectivity index (χ3v) is 7.62. The quantitative estimate of drug-likeness (QED) is 0.626. The van der Waals surface area contributed by atoms with Gasteiger partial charge in [-0.15, -0.1) is 0 Å². The smallest absolute Gasteiger partial charge is 0.300 e. The molecular weight excluding hydrogens is 435 g/mol. The van der Waals surface area contributed by atoms with Crippen molar-refractivity contribution in [1.82, 2.24) is 4.72 Å². The Hall–Kier alpha value is -3.07. The molecule has 1 amide bonds. The molecule has 1 aliphatic heterocycles. The van der Waals surface area contributed by atoms with Gasteiger partial charge in [-0.25, -0.2) is 17.5 Å². The van der Waals surface area contributed by atoms with Crippen LogP contribution in [0.25, 0.3) is 11.0 Å². The lowest BCUT2D eigenvalue weighted by Gasteiger charge is -2.33. The minimum Gasteiger partial charge on any atom is -0.496 e. The molecule has 5 rings (SSSR count). The number of benzene rings is 2. The summed E-state index contributed by atoms with van der Waals surface area (Å²) in [4.78, 5) is 14.8. The first-order valence-electron chi connectivity index (χ1n) is 10.6. The number of hydrogen-bond acceptors (Lipinski definition) is 6. The van der Waals surface area contributed by atoms with Gasteiger partial charge in [-0.3, -0.25) is 4.79 Å². The molecule has 1 aliphatic carbocycles. The molecule has 2 aliphatic rings. The Morgan fingerprint density at radius 2 is 1.84 bits per heavy atom. The molecule has 0 saturated carbocycles.